The third-order valence-corrected chi connectivity index (χ3v) is 11.1. The molecule has 0 bridgehead atoms. The van der Waals surface area contributed by atoms with Gasteiger partial charge in [-0.25, -0.2) is 14.4 Å². The van der Waals surface area contributed by atoms with Crippen LogP contribution in [0.5, 0.6) is 17.2 Å². The topological polar surface area (TPSA) is 220 Å². The molecule has 0 aliphatic carbocycles. The normalized spacial score (nSPS) is 15.2. The van der Waals surface area contributed by atoms with Crippen LogP contribution in [0.4, 0.5) is 16.0 Å². The molecule has 1 atom stereocenters. The molecule has 1 aromatic heterocycles. The molecule has 4 N–H and O–H groups in total. The summed E-state index contributed by atoms with van der Waals surface area (Å²) in [6.07, 6.45) is 2.69. The smallest absolute Gasteiger partial charge is 0.266 e. The second kappa shape index (κ2) is 18.9. The van der Waals surface area contributed by atoms with Crippen molar-refractivity contribution < 1.29 is 47.4 Å². The summed E-state index contributed by atoms with van der Waals surface area (Å²) in [6, 6.07) is 18.0. The van der Waals surface area contributed by atoms with E-state index in [9.17, 15) is 28.8 Å². The van der Waals surface area contributed by atoms with E-state index >= 15 is 4.39 Å². The monoisotopic (exact) mass is 902 g/mol. The van der Waals surface area contributed by atoms with Gasteiger partial charge in [-0.1, -0.05) is 29.8 Å². The number of unbranched alkanes of at least 4 members (excludes halogenated alkanes) is 1. The Bertz CT molecular complexity index is 2820. The first-order chi connectivity index (χ1) is 31.4. The lowest BCUT2D eigenvalue weighted by atomic mass is 9.94. The summed E-state index contributed by atoms with van der Waals surface area (Å²) in [5.74, 6) is -3.08. The van der Waals surface area contributed by atoms with Crippen molar-refractivity contribution in [3.05, 3.63) is 123 Å². The molecule has 4 aromatic carbocycles. The van der Waals surface area contributed by atoms with Crippen molar-refractivity contribution in [1.82, 2.24) is 30.8 Å². The number of hydrogen-bond acceptors (Lipinski definition) is 13. The molecule has 332 valence electrons. The highest BCUT2D eigenvalue weighted by Crippen LogP contribution is 2.37. The molecule has 1 saturated heterocycles. The molecule has 0 radical (unpaired) electrons. The number of methoxy groups -OCH3 is 2. The second-order valence-corrected chi connectivity index (χ2v) is 15.4. The summed E-state index contributed by atoms with van der Waals surface area (Å²) in [4.78, 5) is 91.1. The van der Waals surface area contributed by atoms with Crippen molar-refractivity contribution in [2.24, 2.45) is 4.99 Å². The van der Waals surface area contributed by atoms with Gasteiger partial charge >= 0.3 is 0 Å². The van der Waals surface area contributed by atoms with Crippen LogP contribution in [-0.4, -0.2) is 96.0 Å². The Labute approximate surface area is 375 Å². The summed E-state index contributed by atoms with van der Waals surface area (Å²) < 4.78 is 32.0. The number of benzene rings is 4. The van der Waals surface area contributed by atoms with Gasteiger partial charge in [0, 0.05) is 59.2 Å². The van der Waals surface area contributed by atoms with Crippen LogP contribution in [-0.2, 0) is 20.9 Å². The van der Waals surface area contributed by atoms with Crippen LogP contribution in [0, 0.1) is 5.82 Å². The molecular formula is C46H40ClFN8O9. The van der Waals surface area contributed by atoms with Crippen LogP contribution < -0.4 is 35.5 Å². The van der Waals surface area contributed by atoms with Crippen LogP contribution in [0.25, 0.3) is 11.3 Å². The number of imide groups is 2. The van der Waals surface area contributed by atoms with Gasteiger partial charge in [-0.3, -0.25) is 44.0 Å². The van der Waals surface area contributed by atoms with Crippen molar-refractivity contribution in [3.63, 3.8) is 0 Å². The Morgan fingerprint density at radius 2 is 1.63 bits per heavy atom. The molecule has 8 rings (SSSR count). The molecule has 3 aliphatic heterocycles. The number of rotatable bonds is 15. The number of nitrogens with zero attached hydrogens (tertiary/aromatic N) is 4. The molecule has 1 fully saturated rings. The van der Waals surface area contributed by atoms with Crippen LogP contribution in [0.2, 0.25) is 5.02 Å². The van der Waals surface area contributed by atoms with Gasteiger partial charge in [0.05, 0.1) is 54.4 Å². The van der Waals surface area contributed by atoms with Crippen LogP contribution in [0.3, 0.4) is 0 Å². The van der Waals surface area contributed by atoms with Gasteiger partial charge < -0.3 is 30.2 Å². The van der Waals surface area contributed by atoms with E-state index in [4.69, 9.17) is 35.8 Å². The summed E-state index contributed by atoms with van der Waals surface area (Å²) in [5, 5.41) is 11.4. The van der Waals surface area contributed by atoms with Crippen molar-refractivity contribution in [3.8, 4) is 28.5 Å². The van der Waals surface area contributed by atoms with Crippen molar-refractivity contribution in [2.45, 2.75) is 38.3 Å². The molecular weight excluding hydrogens is 863 g/mol. The number of anilines is 2. The molecule has 0 spiro atoms. The Morgan fingerprint density at radius 3 is 2.42 bits per heavy atom. The van der Waals surface area contributed by atoms with Crippen molar-refractivity contribution in [2.75, 3.05) is 39.2 Å². The third-order valence-electron chi connectivity index (χ3n) is 10.9. The summed E-state index contributed by atoms with van der Waals surface area (Å²) in [5.41, 5.74) is 3.92. The summed E-state index contributed by atoms with van der Waals surface area (Å²) >= 11 is 6.44. The van der Waals surface area contributed by atoms with E-state index in [-0.39, 0.29) is 60.2 Å². The second-order valence-electron chi connectivity index (χ2n) is 15.0. The highest BCUT2D eigenvalue weighted by atomic mass is 35.5. The standard InChI is InChI=1S/C46H40ClFN8O9/c1-63-33-9-6-8-31(48)39(33)41-30-19-25(47)11-13-27(30)40-24(21-51-41)22-52-46(55-40)53-26-12-14-28(35(20-26)64-2)42(59)50-18-4-3-17-49-37(58)23-65-34-10-5-7-29-38(34)45(62)56(44(29)61)32-15-16-36(57)54-43(32)60/h5-14,19-20,22,32H,3-4,15-18,21,23H2,1-2H3,(H,49,58)(H,50,59)(H,52,53,55)(H,54,57,60). The SMILES string of the molecule is COc1cc(Nc2ncc3c(n2)-c2ccc(Cl)cc2C(c2c(F)cccc2OC)=NC3)ccc1C(=O)NCCCCNC(=O)COc1cccc2c1C(=O)N(C1CCC(=O)NC1=O)C2=O. The van der Waals surface area contributed by atoms with E-state index in [2.05, 4.69) is 26.3 Å². The molecule has 65 heavy (non-hydrogen) atoms. The van der Waals surface area contributed by atoms with E-state index < -0.39 is 48.0 Å². The first-order valence-electron chi connectivity index (χ1n) is 20.5. The average molecular weight is 903 g/mol. The van der Waals surface area contributed by atoms with Gasteiger partial charge in [-0.15, -0.1) is 0 Å². The van der Waals surface area contributed by atoms with E-state index in [1.807, 2.05) is 0 Å². The van der Waals surface area contributed by atoms with Crippen molar-refractivity contribution in [1.29, 1.82) is 0 Å². The van der Waals surface area contributed by atoms with Gasteiger partial charge in [0.25, 0.3) is 23.6 Å². The Hall–Kier alpha value is -7.73. The summed E-state index contributed by atoms with van der Waals surface area (Å²) in [7, 11) is 2.92. The fourth-order valence-corrected chi connectivity index (χ4v) is 7.93. The molecule has 1 unspecified atom stereocenters. The zero-order valence-corrected chi connectivity index (χ0v) is 35.7. The fourth-order valence-electron chi connectivity index (χ4n) is 7.76. The van der Waals surface area contributed by atoms with E-state index in [0.29, 0.717) is 75.3 Å². The Balaban J connectivity index is 0.828. The predicted molar refractivity (Wildman–Crippen MR) is 234 cm³/mol. The molecule has 17 nitrogen and oxygen atoms in total. The van der Waals surface area contributed by atoms with Gasteiger partial charge in [0.15, 0.2) is 6.61 Å². The zero-order chi connectivity index (χ0) is 45.8. The number of ether oxygens (including phenoxy) is 3. The fraction of sp³-hybridized carbons (Fsp3) is 0.239. The number of halogens is 2. The number of aliphatic imine (C=N–C) groups is 1. The predicted octanol–water partition coefficient (Wildman–Crippen LogP) is 5.15. The first kappa shape index (κ1) is 43.9. The molecule has 6 amide bonds. The minimum absolute atomic E-state index is 0.0112. The van der Waals surface area contributed by atoms with Gasteiger partial charge in [0.2, 0.25) is 17.8 Å². The molecule has 19 heteroatoms. The Kier molecular flexibility index (Phi) is 12.8. The van der Waals surface area contributed by atoms with Gasteiger partial charge in [0.1, 0.15) is 29.1 Å². The maximum absolute atomic E-state index is 15.3. The highest BCUT2D eigenvalue weighted by Gasteiger charge is 2.46. The Morgan fingerprint density at radius 1 is 0.862 bits per heavy atom. The zero-order valence-electron chi connectivity index (χ0n) is 35.0. The number of nitrogens with one attached hydrogen (secondary N) is 4. The number of aromatic nitrogens is 2. The lowest BCUT2D eigenvalue weighted by Gasteiger charge is -2.27. The quantitative estimate of drug-likeness (QED) is 0.0792. The number of carbonyl (C=O) groups excluding carboxylic acids is 6. The third kappa shape index (κ3) is 9.06. The van der Waals surface area contributed by atoms with Crippen LogP contribution in [0.1, 0.15) is 73.4 Å². The number of carbonyl (C=O) groups is 6. The van der Waals surface area contributed by atoms with E-state index in [0.717, 1.165) is 4.90 Å². The number of hydrogen-bond donors (Lipinski definition) is 4. The lowest BCUT2D eigenvalue weighted by Crippen LogP contribution is -2.54. The van der Waals surface area contributed by atoms with Crippen LogP contribution in [0.15, 0.2) is 84.0 Å². The summed E-state index contributed by atoms with van der Waals surface area (Å²) in [6.45, 7) is 0.295. The number of fused-ring (bicyclic) bond motifs is 4. The van der Waals surface area contributed by atoms with Gasteiger partial charge in [-0.2, -0.15) is 0 Å². The van der Waals surface area contributed by atoms with Gasteiger partial charge in [-0.05, 0) is 67.8 Å². The first-order valence-corrected chi connectivity index (χ1v) is 20.8. The highest BCUT2D eigenvalue weighted by molar-refractivity contribution is 6.32. The average Bonchev–Trinajstić information content (AvgIpc) is 3.45. The van der Waals surface area contributed by atoms with Crippen molar-refractivity contribution >= 4 is 64.4 Å². The lowest BCUT2D eigenvalue weighted by molar-refractivity contribution is -0.136. The maximum Gasteiger partial charge on any atom is 0.266 e. The molecule has 3 aliphatic rings. The minimum atomic E-state index is -1.13. The van der Waals surface area contributed by atoms with E-state index in [1.54, 1.807) is 54.7 Å². The molecule has 0 saturated carbocycles. The number of amides is 6. The molecule has 5 aromatic rings. The largest absolute Gasteiger partial charge is 0.496 e. The molecule has 4 heterocycles. The minimum Gasteiger partial charge on any atom is -0.496 e. The maximum atomic E-state index is 15.3. The van der Waals surface area contributed by atoms with E-state index in [1.165, 1.54) is 38.5 Å². The van der Waals surface area contributed by atoms with Crippen LogP contribution >= 0.6 is 11.6 Å². The number of piperidine rings is 1.